The molecule has 1 aliphatic heterocycles. The molecule has 1 spiro atoms. The highest BCUT2D eigenvalue weighted by Gasteiger charge is 2.46. The summed E-state index contributed by atoms with van der Waals surface area (Å²) < 4.78 is 7.69. The standard InChI is InChI=1S/C20H25N3O2/c1-25-18-4-2-9-20(18)10-3-12-22(14-20)19(24)16-5-7-17(8-6-16)23-13-11-21-15-23/h5-8,11,13,15,18H,2-4,9-10,12,14H2,1H3/t18-,20+/m1/s1. The van der Waals surface area contributed by atoms with Crippen LogP contribution >= 0.6 is 0 Å². The monoisotopic (exact) mass is 339 g/mol. The molecule has 4 rings (SSSR count). The zero-order chi connectivity index (χ0) is 17.3. The Bertz CT molecular complexity index is 726. The van der Waals surface area contributed by atoms with Gasteiger partial charge in [-0.1, -0.05) is 6.42 Å². The number of ether oxygens (including phenoxy) is 1. The number of hydrogen-bond acceptors (Lipinski definition) is 3. The van der Waals surface area contributed by atoms with Crippen molar-refractivity contribution >= 4 is 5.91 Å². The minimum atomic E-state index is 0.137. The van der Waals surface area contributed by atoms with Crippen molar-refractivity contribution in [3.8, 4) is 5.69 Å². The number of benzene rings is 1. The molecule has 25 heavy (non-hydrogen) atoms. The first-order valence-corrected chi connectivity index (χ1v) is 9.12. The Kier molecular flexibility index (Phi) is 4.34. The molecule has 2 atom stereocenters. The summed E-state index contributed by atoms with van der Waals surface area (Å²) in [5.74, 6) is 0.137. The highest BCUT2D eigenvalue weighted by molar-refractivity contribution is 5.94. The molecule has 1 amide bonds. The number of imidazole rings is 1. The zero-order valence-electron chi connectivity index (χ0n) is 14.7. The van der Waals surface area contributed by atoms with Crippen LogP contribution in [0.3, 0.4) is 0 Å². The number of rotatable bonds is 3. The van der Waals surface area contributed by atoms with Gasteiger partial charge in [0.25, 0.3) is 5.91 Å². The predicted octanol–water partition coefficient (Wildman–Crippen LogP) is 3.29. The van der Waals surface area contributed by atoms with Crippen LogP contribution in [0.15, 0.2) is 43.0 Å². The summed E-state index contributed by atoms with van der Waals surface area (Å²) in [5.41, 5.74) is 1.94. The number of hydrogen-bond donors (Lipinski definition) is 0. The van der Waals surface area contributed by atoms with Gasteiger partial charge in [-0.2, -0.15) is 0 Å². The lowest BCUT2D eigenvalue weighted by atomic mass is 9.76. The Morgan fingerprint density at radius 3 is 2.76 bits per heavy atom. The van der Waals surface area contributed by atoms with Gasteiger partial charge in [0, 0.05) is 49.3 Å². The van der Waals surface area contributed by atoms with Gasteiger partial charge in [-0.15, -0.1) is 0 Å². The van der Waals surface area contributed by atoms with E-state index in [0.29, 0.717) is 6.10 Å². The maximum atomic E-state index is 13.0. The van der Waals surface area contributed by atoms with Crippen molar-refractivity contribution in [2.75, 3.05) is 20.2 Å². The number of piperidine rings is 1. The van der Waals surface area contributed by atoms with Gasteiger partial charge in [-0.25, -0.2) is 4.98 Å². The lowest BCUT2D eigenvalue weighted by molar-refractivity contribution is -0.0295. The summed E-state index contributed by atoms with van der Waals surface area (Å²) in [4.78, 5) is 19.1. The molecule has 0 bridgehead atoms. The van der Waals surface area contributed by atoms with Crippen molar-refractivity contribution < 1.29 is 9.53 Å². The first-order chi connectivity index (χ1) is 12.2. The molecular weight excluding hydrogens is 314 g/mol. The Labute approximate surface area is 148 Å². The highest BCUT2D eigenvalue weighted by atomic mass is 16.5. The van der Waals surface area contributed by atoms with Gasteiger partial charge in [0.1, 0.15) is 0 Å². The summed E-state index contributed by atoms with van der Waals surface area (Å²) >= 11 is 0. The molecule has 2 aromatic rings. The molecule has 1 aromatic carbocycles. The van der Waals surface area contributed by atoms with Crippen LogP contribution in [0.1, 0.15) is 42.5 Å². The van der Waals surface area contributed by atoms with Crippen molar-refractivity contribution in [3.05, 3.63) is 48.5 Å². The Morgan fingerprint density at radius 1 is 1.24 bits per heavy atom. The Hall–Kier alpha value is -2.14. The molecule has 1 aromatic heterocycles. The summed E-state index contributed by atoms with van der Waals surface area (Å²) in [6, 6.07) is 7.78. The minimum absolute atomic E-state index is 0.137. The van der Waals surface area contributed by atoms with Crippen LogP contribution in [0.25, 0.3) is 5.69 Å². The normalized spacial score (nSPS) is 26.3. The summed E-state index contributed by atoms with van der Waals surface area (Å²) in [5, 5.41) is 0. The molecule has 1 aliphatic carbocycles. The van der Waals surface area contributed by atoms with E-state index in [4.69, 9.17) is 4.74 Å². The van der Waals surface area contributed by atoms with E-state index in [1.54, 1.807) is 12.5 Å². The first kappa shape index (κ1) is 16.3. The lowest BCUT2D eigenvalue weighted by Crippen LogP contribution is -2.49. The van der Waals surface area contributed by atoms with Crippen LogP contribution in [0.4, 0.5) is 0 Å². The van der Waals surface area contributed by atoms with Crippen LogP contribution in [-0.4, -0.2) is 46.7 Å². The molecule has 2 fully saturated rings. The fourth-order valence-corrected chi connectivity index (χ4v) is 4.65. The van der Waals surface area contributed by atoms with Crippen LogP contribution in [0, 0.1) is 5.41 Å². The van der Waals surface area contributed by atoms with Crippen LogP contribution < -0.4 is 0 Å². The SMILES string of the molecule is CO[C@@H]1CCC[C@@]12CCCN(C(=O)c1ccc(-n3ccnc3)cc1)C2. The zero-order valence-corrected chi connectivity index (χ0v) is 14.7. The first-order valence-electron chi connectivity index (χ1n) is 9.12. The van der Waals surface area contributed by atoms with E-state index < -0.39 is 0 Å². The van der Waals surface area contributed by atoms with E-state index in [0.717, 1.165) is 37.2 Å². The smallest absolute Gasteiger partial charge is 0.253 e. The molecule has 0 N–H and O–H groups in total. The molecule has 2 aliphatic rings. The second-order valence-electron chi connectivity index (χ2n) is 7.33. The van der Waals surface area contributed by atoms with Crippen molar-refractivity contribution in [2.45, 2.75) is 38.2 Å². The minimum Gasteiger partial charge on any atom is -0.381 e. The molecule has 0 radical (unpaired) electrons. The number of carbonyl (C=O) groups excluding carboxylic acids is 1. The quantitative estimate of drug-likeness (QED) is 0.862. The van der Waals surface area contributed by atoms with Gasteiger partial charge < -0.3 is 14.2 Å². The van der Waals surface area contributed by atoms with E-state index in [-0.39, 0.29) is 11.3 Å². The molecule has 5 nitrogen and oxygen atoms in total. The van der Waals surface area contributed by atoms with Crippen LogP contribution in [0.5, 0.6) is 0 Å². The van der Waals surface area contributed by atoms with E-state index in [1.165, 1.54) is 19.3 Å². The number of aromatic nitrogens is 2. The fourth-order valence-electron chi connectivity index (χ4n) is 4.65. The fraction of sp³-hybridized carbons (Fsp3) is 0.500. The molecule has 5 heteroatoms. The third kappa shape index (κ3) is 2.97. The third-order valence-corrected chi connectivity index (χ3v) is 5.92. The molecule has 0 unspecified atom stereocenters. The largest absolute Gasteiger partial charge is 0.381 e. The van der Waals surface area contributed by atoms with Gasteiger partial charge in [0.2, 0.25) is 0 Å². The van der Waals surface area contributed by atoms with Crippen molar-refractivity contribution in [2.24, 2.45) is 5.41 Å². The number of methoxy groups -OCH3 is 1. The number of carbonyl (C=O) groups is 1. The van der Waals surface area contributed by atoms with E-state index >= 15 is 0 Å². The van der Waals surface area contributed by atoms with E-state index in [1.807, 2.05) is 47.0 Å². The molecular formula is C20H25N3O2. The van der Waals surface area contributed by atoms with E-state index in [2.05, 4.69) is 4.98 Å². The second kappa shape index (κ2) is 6.64. The molecule has 132 valence electrons. The Balaban J connectivity index is 1.50. The van der Waals surface area contributed by atoms with Gasteiger partial charge in [-0.05, 0) is 49.9 Å². The van der Waals surface area contributed by atoms with Crippen molar-refractivity contribution in [1.82, 2.24) is 14.5 Å². The third-order valence-electron chi connectivity index (χ3n) is 5.92. The maximum absolute atomic E-state index is 13.0. The van der Waals surface area contributed by atoms with E-state index in [9.17, 15) is 4.79 Å². The predicted molar refractivity (Wildman–Crippen MR) is 95.8 cm³/mol. The summed E-state index contributed by atoms with van der Waals surface area (Å²) in [6.45, 7) is 1.67. The second-order valence-corrected chi connectivity index (χ2v) is 7.33. The van der Waals surface area contributed by atoms with Gasteiger partial charge in [-0.3, -0.25) is 4.79 Å². The Morgan fingerprint density at radius 2 is 2.04 bits per heavy atom. The van der Waals surface area contributed by atoms with Crippen molar-refractivity contribution in [1.29, 1.82) is 0 Å². The molecule has 2 heterocycles. The number of amides is 1. The maximum Gasteiger partial charge on any atom is 0.253 e. The van der Waals surface area contributed by atoms with Gasteiger partial charge in [0.05, 0.1) is 12.4 Å². The van der Waals surface area contributed by atoms with Crippen molar-refractivity contribution in [3.63, 3.8) is 0 Å². The lowest BCUT2D eigenvalue weighted by Gasteiger charge is -2.43. The summed E-state index contributed by atoms with van der Waals surface area (Å²) in [6.07, 6.45) is 11.5. The average Bonchev–Trinajstić information content (AvgIpc) is 3.31. The molecule has 1 saturated carbocycles. The average molecular weight is 339 g/mol. The highest BCUT2D eigenvalue weighted by Crippen LogP contribution is 2.46. The number of nitrogens with zero attached hydrogens (tertiary/aromatic N) is 3. The van der Waals surface area contributed by atoms with Gasteiger partial charge >= 0.3 is 0 Å². The molecule has 1 saturated heterocycles. The van der Waals surface area contributed by atoms with Gasteiger partial charge in [0.15, 0.2) is 0 Å². The number of likely N-dealkylation sites (tertiary alicyclic amines) is 1. The van der Waals surface area contributed by atoms with Crippen LogP contribution in [0.2, 0.25) is 0 Å². The summed E-state index contributed by atoms with van der Waals surface area (Å²) in [7, 11) is 1.81. The topological polar surface area (TPSA) is 47.4 Å². The van der Waals surface area contributed by atoms with Crippen LogP contribution in [-0.2, 0) is 4.74 Å².